The fourth-order valence-electron chi connectivity index (χ4n) is 3.90. The number of nitrogens with one attached hydrogen (secondary N) is 3. The van der Waals surface area contributed by atoms with Crippen LogP contribution in [0.1, 0.15) is 48.6 Å². The average molecular weight is 428 g/mol. The van der Waals surface area contributed by atoms with Crippen LogP contribution in [0.5, 0.6) is 0 Å². The molecule has 2 aliphatic rings. The third-order valence-corrected chi connectivity index (χ3v) is 6.09. The molecule has 7 nitrogen and oxygen atoms in total. The number of pyridine rings is 1. The van der Waals surface area contributed by atoms with Crippen molar-refractivity contribution >= 4 is 17.6 Å². The summed E-state index contributed by atoms with van der Waals surface area (Å²) in [6.07, 6.45) is 7.54. The summed E-state index contributed by atoms with van der Waals surface area (Å²) in [5, 5.41) is 13.0. The van der Waals surface area contributed by atoms with Gasteiger partial charge in [-0.25, -0.2) is 0 Å². The molecule has 2 amide bonds. The van der Waals surface area contributed by atoms with Crippen LogP contribution in [0, 0.1) is 0 Å². The fraction of sp³-hybridized carbons (Fsp3) is 0.280. The van der Waals surface area contributed by atoms with Gasteiger partial charge < -0.3 is 10.6 Å². The number of amides is 2. The van der Waals surface area contributed by atoms with Gasteiger partial charge in [-0.1, -0.05) is 36.9 Å². The van der Waals surface area contributed by atoms with Crippen LogP contribution < -0.4 is 10.6 Å². The molecule has 0 atom stereocenters. The first-order chi connectivity index (χ1) is 15.5. The van der Waals surface area contributed by atoms with Crippen molar-refractivity contribution in [3.8, 4) is 11.1 Å². The standard InChI is InChI=1S/C25H25N5O2/c1-2-23(31)28-25(11-12-25)21-10-9-19(15-26-21)17-5-3-16(4-6-17)13-24(32)27-22-14-20(29-30-22)18-7-8-18/h2-6,9-10,14-15,18H,1,7-8,11-13H2,(H,28,31)(H2,27,29,30,32). The van der Waals surface area contributed by atoms with E-state index in [4.69, 9.17) is 0 Å². The second kappa shape index (κ2) is 8.07. The zero-order valence-corrected chi connectivity index (χ0v) is 17.7. The van der Waals surface area contributed by atoms with Crippen molar-refractivity contribution in [3.63, 3.8) is 0 Å². The number of anilines is 1. The van der Waals surface area contributed by atoms with Gasteiger partial charge >= 0.3 is 0 Å². The maximum atomic E-state index is 12.4. The zero-order valence-electron chi connectivity index (χ0n) is 17.7. The van der Waals surface area contributed by atoms with E-state index in [9.17, 15) is 9.59 Å². The lowest BCUT2D eigenvalue weighted by Crippen LogP contribution is -2.34. The van der Waals surface area contributed by atoms with Crippen LogP contribution in [0.15, 0.2) is 61.3 Å². The lowest BCUT2D eigenvalue weighted by molar-refractivity contribution is -0.117. The van der Waals surface area contributed by atoms with Gasteiger partial charge in [-0.2, -0.15) is 5.10 Å². The van der Waals surface area contributed by atoms with Crippen molar-refractivity contribution in [3.05, 3.63) is 78.3 Å². The number of rotatable bonds is 8. The summed E-state index contributed by atoms with van der Waals surface area (Å²) in [7, 11) is 0. The van der Waals surface area contributed by atoms with Crippen molar-refractivity contribution in [1.29, 1.82) is 0 Å². The quantitative estimate of drug-likeness (QED) is 0.476. The van der Waals surface area contributed by atoms with E-state index in [2.05, 4.69) is 32.4 Å². The molecule has 0 aliphatic heterocycles. The number of aromatic amines is 1. The third kappa shape index (κ3) is 4.32. The SMILES string of the molecule is C=CC(=O)NC1(c2ccc(-c3ccc(CC(=O)Nc4cc(C5CC5)[nH]n4)cc3)cn2)CC1. The first-order valence-electron chi connectivity index (χ1n) is 10.9. The van der Waals surface area contributed by atoms with Gasteiger partial charge in [0.05, 0.1) is 17.7 Å². The summed E-state index contributed by atoms with van der Waals surface area (Å²) in [6.45, 7) is 3.51. The molecule has 3 N–H and O–H groups in total. The number of carbonyl (C=O) groups excluding carboxylic acids is 2. The summed E-state index contributed by atoms with van der Waals surface area (Å²) in [5.74, 6) is 0.889. The molecule has 3 aromatic rings. The normalized spacial score (nSPS) is 16.2. The second-order valence-electron chi connectivity index (χ2n) is 8.61. The van der Waals surface area contributed by atoms with E-state index in [0.717, 1.165) is 40.9 Å². The van der Waals surface area contributed by atoms with Crippen LogP contribution in [-0.4, -0.2) is 27.0 Å². The zero-order chi connectivity index (χ0) is 22.1. The van der Waals surface area contributed by atoms with Crippen LogP contribution in [0.25, 0.3) is 11.1 Å². The molecule has 2 heterocycles. The highest BCUT2D eigenvalue weighted by Crippen LogP contribution is 2.44. The van der Waals surface area contributed by atoms with E-state index in [1.165, 1.54) is 18.9 Å². The lowest BCUT2D eigenvalue weighted by Gasteiger charge is -2.16. The van der Waals surface area contributed by atoms with Crippen molar-refractivity contribution in [2.24, 2.45) is 0 Å². The predicted molar refractivity (Wildman–Crippen MR) is 122 cm³/mol. The number of aromatic nitrogens is 3. The Balaban J connectivity index is 1.20. The number of hydrogen-bond acceptors (Lipinski definition) is 4. The van der Waals surface area contributed by atoms with Crippen LogP contribution >= 0.6 is 0 Å². The second-order valence-corrected chi connectivity index (χ2v) is 8.61. The molecule has 0 bridgehead atoms. The van der Waals surface area contributed by atoms with E-state index in [-0.39, 0.29) is 23.8 Å². The van der Waals surface area contributed by atoms with Crippen LogP contribution in [-0.2, 0) is 21.5 Å². The Morgan fingerprint density at radius 2 is 1.88 bits per heavy atom. The summed E-state index contributed by atoms with van der Waals surface area (Å²) in [5.41, 5.74) is 4.55. The summed E-state index contributed by atoms with van der Waals surface area (Å²) in [6, 6.07) is 13.8. The van der Waals surface area contributed by atoms with Crippen molar-refractivity contribution < 1.29 is 9.59 Å². The molecule has 32 heavy (non-hydrogen) atoms. The molecule has 2 fully saturated rings. The molecule has 2 aliphatic carbocycles. The first-order valence-corrected chi connectivity index (χ1v) is 10.9. The monoisotopic (exact) mass is 427 g/mol. The maximum absolute atomic E-state index is 12.4. The molecule has 2 aromatic heterocycles. The van der Waals surface area contributed by atoms with Gasteiger partial charge in [0.1, 0.15) is 0 Å². The molecule has 0 radical (unpaired) electrons. The van der Waals surface area contributed by atoms with Gasteiger partial charge in [-0.3, -0.25) is 19.7 Å². The van der Waals surface area contributed by atoms with Gasteiger partial charge in [0.15, 0.2) is 5.82 Å². The van der Waals surface area contributed by atoms with E-state index in [0.29, 0.717) is 11.7 Å². The molecule has 0 spiro atoms. The molecular weight excluding hydrogens is 402 g/mol. The Labute approximate surface area is 186 Å². The minimum absolute atomic E-state index is 0.0890. The minimum atomic E-state index is -0.352. The van der Waals surface area contributed by atoms with Gasteiger partial charge in [-0.15, -0.1) is 0 Å². The molecule has 0 unspecified atom stereocenters. The fourth-order valence-corrected chi connectivity index (χ4v) is 3.90. The highest BCUT2D eigenvalue weighted by molar-refractivity contribution is 5.91. The number of nitrogens with zero attached hydrogens (tertiary/aromatic N) is 2. The Morgan fingerprint density at radius 3 is 2.50 bits per heavy atom. The smallest absolute Gasteiger partial charge is 0.244 e. The Morgan fingerprint density at radius 1 is 1.12 bits per heavy atom. The van der Waals surface area contributed by atoms with E-state index < -0.39 is 0 Å². The van der Waals surface area contributed by atoms with Gasteiger partial charge in [-0.05, 0) is 49.0 Å². The van der Waals surface area contributed by atoms with E-state index in [1.807, 2.05) is 48.7 Å². The molecule has 1 aromatic carbocycles. The Kier molecular flexibility index (Phi) is 5.09. The Hall–Kier alpha value is -3.74. The minimum Gasteiger partial charge on any atom is -0.341 e. The number of carbonyl (C=O) groups is 2. The molecular formula is C25H25N5O2. The van der Waals surface area contributed by atoms with Gasteiger partial charge in [0.25, 0.3) is 0 Å². The topological polar surface area (TPSA) is 99.8 Å². The molecule has 5 rings (SSSR count). The number of benzene rings is 1. The first kappa shape index (κ1) is 20.2. The summed E-state index contributed by atoms with van der Waals surface area (Å²) in [4.78, 5) is 28.6. The maximum Gasteiger partial charge on any atom is 0.244 e. The summed E-state index contributed by atoms with van der Waals surface area (Å²) < 4.78 is 0. The molecule has 162 valence electrons. The van der Waals surface area contributed by atoms with Crippen molar-refractivity contribution in [1.82, 2.24) is 20.5 Å². The molecule has 2 saturated carbocycles. The van der Waals surface area contributed by atoms with Crippen LogP contribution in [0.3, 0.4) is 0 Å². The van der Waals surface area contributed by atoms with E-state index >= 15 is 0 Å². The average Bonchev–Trinajstić information content (AvgIpc) is 3.74. The van der Waals surface area contributed by atoms with Crippen molar-refractivity contribution in [2.45, 2.75) is 43.6 Å². The molecule has 0 saturated heterocycles. The molecule has 7 heteroatoms. The largest absolute Gasteiger partial charge is 0.341 e. The predicted octanol–water partition coefficient (Wildman–Crippen LogP) is 3.82. The van der Waals surface area contributed by atoms with Gasteiger partial charge in [0.2, 0.25) is 11.8 Å². The highest BCUT2D eigenvalue weighted by Gasteiger charge is 2.46. The van der Waals surface area contributed by atoms with Crippen LogP contribution in [0.4, 0.5) is 5.82 Å². The van der Waals surface area contributed by atoms with E-state index in [1.54, 1.807) is 0 Å². The van der Waals surface area contributed by atoms with Gasteiger partial charge in [0, 0.05) is 29.4 Å². The highest BCUT2D eigenvalue weighted by atomic mass is 16.2. The lowest BCUT2D eigenvalue weighted by atomic mass is 10.0. The number of hydrogen-bond donors (Lipinski definition) is 3. The van der Waals surface area contributed by atoms with Crippen LogP contribution in [0.2, 0.25) is 0 Å². The Bertz CT molecular complexity index is 1160. The number of H-pyrrole nitrogens is 1. The third-order valence-electron chi connectivity index (χ3n) is 6.09. The van der Waals surface area contributed by atoms with Crippen molar-refractivity contribution in [2.75, 3.05) is 5.32 Å². The summed E-state index contributed by atoms with van der Waals surface area (Å²) >= 11 is 0.